The number of allylic oxidation sites excluding steroid dienone is 1. The first-order chi connectivity index (χ1) is 6.74. The maximum atomic E-state index is 10.8. The molecule has 0 aliphatic heterocycles. The third-order valence-corrected chi connectivity index (χ3v) is 3.54. The van der Waals surface area contributed by atoms with Crippen molar-refractivity contribution in [2.24, 2.45) is 16.2 Å². The summed E-state index contributed by atoms with van der Waals surface area (Å²) in [4.78, 5) is 10.8. The quantitative estimate of drug-likeness (QED) is 0.506. The molecular weight excluding hydrogens is 184 g/mol. The molecule has 1 saturated carbocycles. The van der Waals surface area contributed by atoms with Crippen molar-refractivity contribution < 1.29 is 4.79 Å². The lowest BCUT2D eigenvalue weighted by molar-refractivity contribution is -0.111. The maximum Gasteiger partial charge on any atom is 0.120 e. The largest absolute Gasteiger partial charge is 0.303 e. The zero-order valence-electron chi connectivity index (χ0n) is 10.6. The highest BCUT2D eigenvalue weighted by Crippen LogP contribution is 2.55. The molecule has 0 aromatic rings. The predicted octanol–water partition coefficient (Wildman–Crippen LogP) is 3.98. The van der Waals surface area contributed by atoms with E-state index in [-0.39, 0.29) is 5.41 Å². The van der Waals surface area contributed by atoms with E-state index in [1.807, 2.05) is 6.08 Å². The molecule has 0 bridgehead atoms. The minimum atomic E-state index is 0.0347. The molecule has 0 unspecified atom stereocenters. The van der Waals surface area contributed by atoms with Crippen molar-refractivity contribution in [3.05, 3.63) is 12.7 Å². The minimum absolute atomic E-state index is 0.0347. The van der Waals surface area contributed by atoms with Crippen LogP contribution in [0.25, 0.3) is 0 Å². The Hall–Kier alpha value is -0.590. The molecule has 0 saturated heterocycles. The molecule has 86 valence electrons. The lowest BCUT2D eigenvalue weighted by Gasteiger charge is -2.50. The molecule has 1 nitrogen and oxygen atoms in total. The van der Waals surface area contributed by atoms with Crippen LogP contribution >= 0.6 is 0 Å². The number of carbonyl (C=O) groups is 1. The van der Waals surface area contributed by atoms with E-state index in [0.29, 0.717) is 17.3 Å². The maximum absolute atomic E-state index is 10.8. The average Bonchev–Trinajstić information content (AvgIpc) is 1.98. The predicted molar refractivity (Wildman–Crippen MR) is 64.7 cm³/mol. The summed E-state index contributed by atoms with van der Waals surface area (Å²) >= 11 is 0. The van der Waals surface area contributed by atoms with Gasteiger partial charge in [-0.15, -0.1) is 6.58 Å². The summed E-state index contributed by atoms with van der Waals surface area (Å²) < 4.78 is 0. The Kier molecular flexibility index (Phi) is 3.14. The highest BCUT2D eigenvalue weighted by atomic mass is 16.1. The van der Waals surface area contributed by atoms with Gasteiger partial charge in [-0.05, 0) is 35.5 Å². The van der Waals surface area contributed by atoms with Crippen molar-refractivity contribution in [2.75, 3.05) is 0 Å². The Bertz CT molecular complexity index is 245. The first-order valence-electron chi connectivity index (χ1n) is 5.82. The van der Waals surface area contributed by atoms with Crippen molar-refractivity contribution in [3.63, 3.8) is 0 Å². The summed E-state index contributed by atoms with van der Waals surface area (Å²) in [7, 11) is 0. The molecule has 1 aliphatic carbocycles. The van der Waals surface area contributed by atoms with E-state index in [2.05, 4.69) is 34.3 Å². The van der Waals surface area contributed by atoms with Gasteiger partial charge >= 0.3 is 0 Å². The van der Waals surface area contributed by atoms with Crippen LogP contribution in [0.2, 0.25) is 0 Å². The fourth-order valence-corrected chi connectivity index (χ4v) is 3.93. The van der Waals surface area contributed by atoms with Gasteiger partial charge in [0.05, 0.1) is 0 Å². The monoisotopic (exact) mass is 208 g/mol. The molecule has 15 heavy (non-hydrogen) atoms. The van der Waals surface area contributed by atoms with Crippen LogP contribution in [0.3, 0.4) is 0 Å². The summed E-state index contributed by atoms with van der Waals surface area (Å²) in [5.74, 6) is 0. The van der Waals surface area contributed by atoms with Crippen LogP contribution in [0.5, 0.6) is 0 Å². The zero-order valence-corrected chi connectivity index (χ0v) is 10.6. The summed E-state index contributed by atoms with van der Waals surface area (Å²) in [6.07, 6.45) is 7.11. The smallest absolute Gasteiger partial charge is 0.120 e. The van der Waals surface area contributed by atoms with Gasteiger partial charge < -0.3 is 4.79 Å². The number of aldehydes is 1. The van der Waals surface area contributed by atoms with Crippen molar-refractivity contribution >= 4 is 6.29 Å². The summed E-state index contributed by atoms with van der Waals surface area (Å²) in [6.45, 7) is 13.2. The summed E-state index contributed by atoms with van der Waals surface area (Å²) in [5, 5.41) is 0. The normalized spacial score (nSPS) is 26.9. The Labute approximate surface area is 93.9 Å². The van der Waals surface area contributed by atoms with E-state index in [1.54, 1.807) is 0 Å². The second-order valence-corrected chi connectivity index (χ2v) is 6.80. The molecule has 0 atom stereocenters. The van der Waals surface area contributed by atoms with Crippen LogP contribution in [0.15, 0.2) is 12.7 Å². The first-order valence-corrected chi connectivity index (χ1v) is 5.82. The van der Waals surface area contributed by atoms with Gasteiger partial charge in [-0.25, -0.2) is 0 Å². The number of carbonyl (C=O) groups excluding carboxylic acids is 1. The van der Waals surface area contributed by atoms with Crippen LogP contribution in [0.1, 0.15) is 53.4 Å². The second-order valence-electron chi connectivity index (χ2n) is 6.80. The van der Waals surface area contributed by atoms with Crippen LogP contribution in [0, 0.1) is 16.2 Å². The highest BCUT2D eigenvalue weighted by molar-refractivity contribution is 5.51. The molecule has 1 rings (SSSR count). The molecule has 0 aromatic carbocycles. The third-order valence-electron chi connectivity index (χ3n) is 3.54. The second kappa shape index (κ2) is 3.77. The minimum Gasteiger partial charge on any atom is -0.303 e. The van der Waals surface area contributed by atoms with Crippen molar-refractivity contribution in [1.29, 1.82) is 0 Å². The van der Waals surface area contributed by atoms with E-state index in [9.17, 15) is 4.79 Å². The molecule has 1 fully saturated rings. The first kappa shape index (κ1) is 12.5. The van der Waals surface area contributed by atoms with Gasteiger partial charge in [0, 0.05) is 6.42 Å². The van der Waals surface area contributed by atoms with Gasteiger partial charge in [-0.3, -0.25) is 0 Å². The van der Waals surface area contributed by atoms with Gasteiger partial charge in [-0.1, -0.05) is 33.8 Å². The average molecular weight is 208 g/mol. The lowest BCUT2D eigenvalue weighted by Crippen LogP contribution is -2.40. The number of hydrogen-bond acceptors (Lipinski definition) is 1. The van der Waals surface area contributed by atoms with E-state index in [4.69, 9.17) is 0 Å². The number of hydrogen-bond donors (Lipinski definition) is 0. The highest BCUT2D eigenvalue weighted by Gasteiger charge is 2.45. The van der Waals surface area contributed by atoms with Gasteiger partial charge in [0.2, 0.25) is 0 Å². The standard InChI is InChI=1S/C14H24O/c1-6-14(7-8-15)10-12(2,3)9-13(4,5)11-14/h6,8H,1,7,9-11H2,2-5H3. The molecule has 1 heteroatoms. The fraction of sp³-hybridized carbons (Fsp3) is 0.786. The third kappa shape index (κ3) is 2.93. The van der Waals surface area contributed by atoms with Crippen molar-refractivity contribution in [1.82, 2.24) is 0 Å². The topological polar surface area (TPSA) is 17.1 Å². The Balaban J connectivity index is 2.98. The fourth-order valence-electron chi connectivity index (χ4n) is 3.93. The summed E-state index contributed by atoms with van der Waals surface area (Å²) in [6, 6.07) is 0. The number of rotatable bonds is 3. The SMILES string of the molecule is C=CC1(CC=O)CC(C)(C)CC(C)(C)C1. The van der Waals surface area contributed by atoms with Crippen LogP contribution in [-0.4, -0.2) is 6.29 Å². The Morgan fingerprint density at radius 3 is 1.87 bits per heavy atom. The van der Waals surface area contributed by atoms with Crippen LogP contribution < -0.4 is 0 Å². The molecule has 0 N–H and O–H groups in total. The lowest BCUT2D eigenvalue weighted by atomic mass is 9.54. The molecule has 0 heterocycles. The van der Waals surface area contributed by atoms with E-state index in [0.717, 1.165) is 19.1 Å². The van der Waals surface area contributed by atoms with Gasteiger partial charge in [-0.2, -0.15) is 0 Å². The molecule has 0 spiro atoms. The van der Waals surface area contributed by atoms with Gasteiger partial charge in [0.1, 0.15) is 6.29 Å². The van der Waals surface area contributed by atoms with Gasteiger partial charge in [0.25, 0.3) is 0 Å². The van der Waals surface area contributed by atoms with Crippen molar-refractivity contribution in [2.45, 2.75) is 53.4 Å². The molecule has 1 aliphatic rings. The van der Waals surface area contributed by atoms with Crippen LogP contribution in [-0.2, 0) is 4.79 Å². The molecular formula is C14H24O. The van der Waals surface area contributed by atoms with E-state index in [1.165, 1.54) is 6.42 Å². The van der Waals surface area contributed by atoms with E-state index < -0.39 is 0 Å². The molecule has 0 aromatic heterocycles. The Morgan fingerprint density at radius 1 is 1.07 bits per heavy atom. The van der Waals surface area contributed by atoms with Crippen molar-refractivity contribution in [3.8, 4) is 0 Å². The van der Waals surface area contributed by atoms with Crippen LogP contribution in [0.4, 0.5) is 0 Å². The van der Waals surface area contributed by atoms with E-state index >= 15 is 0 Å². The summed E-state index contributed by atoms with van der Waals surface area (Å²) in [5.41, 5.74) is 0.672. The van der Waals surface area contributed by atoms with Gasteiger partial charge in [0.15, 0.2) is 0 Å². The Morgan fingerprint density at radius 2 is 1.53 bits per heavy atom. The molecule has 0 radical (unpaired) electrons. The molecule has 0 amide bonds. The zero-order chi connectivity index (χ0) is 11.7.